The predicted octanol–water partition coefficient (Wildman–Crippen LogP) is 4.32. The molecule has 0 unspecified atom stereocenters. The Morgan fingerprint density at radius 1 is 1.00 bits per heavy atom. The molecular weight excluding hydrogens is 368 g/mol. The van der Waals surface area contributed by atoms with E-state index in [4.69, 9.17) is 22.2 Å². The van der Waals surface area contributed by atoms with Gasteiger partial charge in [0.25, 0.3) is 0 Å². The molecule has 0 amide bonds. The maximum atomic E-state index is 5.50. The quantitative estimate of drug-likeness (QED) is 0.728. The van der Waals surface area contributed by atoms with E-state index in [0.29, 0.717) is 17.1 Å². The summed E-state index contributed by atoms with van der Waals surface area (Å²) in [6.45, 7) is 11.8. The van der Waals surface area contributed by atoms with E-state index in [1.807, 2.05) is 0 Å². The second-order valence-electron chi connectivity index (χ2n) is 9.18. The topological polar surface area (TPSA) is 56.3 Å². The van der Waals surface area contributed by atoms with E-state index in [2.05, 4.69) is 54.2 Å². The van der Waals surface area contributed by atoms with Crippen LogP contribution in [0.2, 0.25) is 0 Å². The van der Waals surface area contributed by atoms with Gasteiger partial charge in [0.1, 0.15) is 11.6 Å². The number of aromatic nitrogens is 2. The van der Waals surface area contributed by atoms with Gasteiger partial charge in [-0.3, -0.25) is 0 Å². The summed E-state index contributed by atoms with van der Waals surface area (Å²) in [5.74, 6) is 2.63. The third-order valence-electron chi connectivity index (χ3n) is 5.44. The lowest BCUT2D eigenvalue weighted by molar-refractivity contribution is 0.481. The van der Waals surface area contributed by atoms with E-state index in [1.165, 1.54) is 44.9 Å². The Bertz CT molecular complexity index is 663. The number of nitrogens with zero attached hydrogens (tertiary/aromatic N) is 4. The minimum absolute atomic E-state index is 0.101. The Morgan fingerprint density at radius 3 is 2.29 bits per heavy atom. The smallest absolute Gasteiger partial charge is 0.232 e. The number of anilines is 3. The minimum atomic E-state index is -0.101. The Labute approximate surface area is 175 Å². The monoisotopic (exact) mass is 404 g/mol. The van der Waals surface area contributed by atoms with Crippen molar-refractivity contribution in [1.29, 1.82) is 0 Å². The second kappa shape index (κ2) is 9.25. The van der Waals surface area contributed by atoms with Crippen LogP contribution >= 0.6 is 12.2 Å². The second-order valence-corrected chi connectivity index (χ2v) is 9.58. The zero-order valence-corrected chi connectivity index (χ0v) is 18.7. The third kappa shape index (κ3) is 5.93. The molecule has 0 radical (unpaired) electrons. The molecule has 0 saturated carbocycles. The van der Waals surface area contributed by atoms with E-state index in [-0.39, 0.29) is 5.54 Å². The highest BCUT2D eigenvalue weighted by atomic mass is 32.1. The van der Waals surface area contributed by atoms with Crippen LogP contribution < -0.4 is 20.4 Å². The molecule has 2 fully saturated rings. The van der Waals surface area contributed by atoms with Crippen molar-refractivity contribution in [2.45, 2.75) is 84.2 Å². The lowest BCUT2D eigenvalue weighted by atomic mass is 10.0. The largest absolute Gasteiger partial charge is 0.358 e. The van der Waals surface area contributed by atoms with Crippen LogP contribution in [-0.4, -0.2) is 46.3 Å². The van der Waals surface area contributed by atoms with Crippen LogP contribution in [-0.2, 0) is 0 Å². The Morgan fingerprint density at radius 2 is 1.64 bits per heavy atom. The van der Waals surface area contributed by atoms with Gasteiger partial charge in [0.15, 0.2) is 5.11 Å². The molecule has 3 heterocycles. The van der Waals surface area contributed by atoms with Gasteiger partial charge in [-0.05, 0) is 72.0 Å². The molecule has 2 N–H and O–H groups in total. The van der Waals surface area contributed by atoms with Gasteiger partial charge < -0.3 is 20.4 Å². The lowest BCUT2D eigenvalue weighted by Gasteiger charge is -2.35. The molecule has 1 aromatic rings. The molecule has 0 aliphatic carbocycles. The summed E-state index contributed by atoms with van der Waals surface area (Å²) < 4.78 is 0. The van der Waals surface area contributed by atoms with Gasteiger partial charge in [0, 0.05) is 37.3 Å². The summed E-state index contributed by atoms with van der Waals surface area (Å²) in [5, 5.41) is 7.10. The molecular formula is C21H36N6S. The van der Waals surface area contributed by atoms with Crippen molar-refractivity contribution in [2.75, 3.05) is 34.8 Å². The molecule has 0 bridgehead atoms. The van der Waals surface area contributed by atoms with Crippen molar-refractivity contribution in [3.63, 3.8) is 0 Å². The van der Waals surface area contributed by atoms with E-state index in [0.717, 1.165) is 31.3 Å². The molecule has 7 heteroatoms. The summed E-state index contributed by atoms with van der Waals surface area (Å²) >= 11 is 5.50. The molecule has 0 spiro atoms. The number of nitrogens with one attached hydrogen (secondary N) is 2. The molecule has 6 nitrogen and oxygen atoms in total. The lowest BCUT2D eigenvalue weighted by Crippen LogP contribution is -2.43. The fraction of sp³-hybridized carbons (Fsp3) is 0.762. The van der Waals surface area contributed by atoms with Crippen molar-refractivity contribution in [2.24, 2.45) is 0 Å². The molecule has 2 aliphatic heterocycles. The van der Waals surface area contributed by atoms with Crippen LogP contribution in [0.25, 0.3) is 0 Å². The first-order valence-corrected chi connectivity index (χ1v) is 11.2. The highest BCUT2D eigenvalue weighted by Gasteiger charge is 2.23. The summed E-state index contributed by atoms with van der Waals surface area (Å²) in [6, 6.07) is 2.69. The van der Waals surface area contributed by atoms with Crippen LogP contribution in [0.15, 0.2) is 6.07 Å². The van der Waals surface area contributed by atoms with Crippen molar-refractivity contribution < 1.29 is 0 Å². The van der Waals surface area contributed by atoms with E-state index >= 15 is 0 Å². The third-order valence-corrected chi connectivity index (χ3v) is 5.64. The fourth-order valence-electron chi connectivity index (χ4n) is 4.00. The van der Waals surface area contributed by atoms with Crippen LogP contribution in [0.1, 0.15) is 72.6 Å². The Kier molecular flexibility index (Phi) is 6.96. The number of hydrogen-bond donors (Lipinski definition) is 2. The molecule has 2 saturated heterocycles. The van der Waals surface area contributed by atoms with Gasteiger partial charge in [-0.25, -0.2) is 0 Å². The summed E-state index contributed by atoms with van der Waals surface area (Å²) in [6.07, 6.45) is 8.81. The average Bonchev–Trinajstić information content (AvgIpc) is 2.89. The first kappa shape index (κ1) is 21.1. The normalized spacial score (nSPS) is 21.2. The van der Waals surface area contributed by atoms with Crippen molar-refractivity contribution in [3.05, 3.63) is 6.07 Å². The van der Waals surface area contributed by atoms with E-state index in [9.17, 15) is 0 Å². The maximum absolute atomic E-state index is 5.50. The average molecular weight is 405 g/mol. The highest BCUT2D eigenvalue weighted by molar-refractivity contribution is 7.80. The Balaban J connectivity index is 1.87. The van der Waals surface area contributed by atoms with Crippen molar-refractivity contribution in [1.82, 2.24) is 15.3 Å². The SMILES string of the molecule is C[C@H]1CCCCN1c1cc(N2CCCCCC2)nc(NC(=S)NC(C)(C)C)n1. The molecule has 1 aromatic heterocycles. The summed E-state index contributed by atoms with van der Waals surface area (Å²) in [4.78, 5) is 14.5. The number of rotatable bonds is 3. The minimum Gasteiger partial charge on any atom is -0.358 e. The van der Waals surface area contributed by atoms with Gasteiger partial charge in [-0.2, -0.15) is 9.97 Å². The van der Waals surface area contributed by atoms with Crippen LogP contribution in [0.4, 0.5) is 17.6 Å². The zero-order chi connectivity index (χ0) is 20.1. The number of hydrogen-bond acceptors (Lipinski definition) is 5. The van der Waals surface area contributed by atoms with Gasteiger partial charge in [0.2, 0.25) is 5.95 Å². The summed E-state index contributed by atoms with van der Waals surface area (Å²) in [5.41, 5.74) is -0.101. The van der Waals surface area contributed by atoms with E-state index < -0.39 is 0 Å². The van der Waals surface area contributed by atoms with Gasteiger partial charge >= 0.3 is 0 Å². The molecule has 2 aliphatic rings. The van der Waals surface area contributed by atoms with Crippen LogP contribution in [0.3, 0.4) is 0 Å². The number of thiocarbonyl (C=S) groups is 1. The molecule has 1 atom stereocenters. The van der Waals surface area contributed by atoms with E-state index in [1.54, 1.807) is 0 Å². The van der Waals surface area contributed by atoms with Gasteiger partial charge in [0.05, 0.1) is 0 Å². The van der Waals surface area contributed by atoms with Crippen molar-refractivity contribution in [3.8, 4) is 0 Å². The first-order chi connectivity index (χ1) is 13.3. The van der Waals surface area contributed by atoms with Crippen molar-refractivity contribution >= 4 is 34.9 Å². The highest BCUT2D eigenvalue weighted by Crippen LogP contribution is 2.28. The van der Waals surface area contributed by atoms with Gasteiger partial charge in [-0.1, -0.05) is 12.8 Å². The molecule has 0 aromatic carbocycles. The molecule has 28 heavy (non-hydrogen) atoms. The first-order valence-electron chi connectivity index (χ1n) is 10.8. The summed E-state index contributed by atoms with van der Waals surface area (Å²) in [7, 11) is 0. The molecule has 156 valence electrons. The standard InChI is InChI=1S/C21H36N6S/c1-16-11-7-10-14-27(16)18-15-17(26-12-8-5-6-9-13-26)22-19(23-18)24-20(28)25-21(2,3)4/h15-16H,5-14H2,1-4H3,(H2,22,23,24,25,28)/t16-/m0/s1. The maximum Gasteiger partial charge on any atom is 0.232 e. The Hall–Kier alpha value is -1.63. The van der Waals surface area contributed by atoms with Crippen LogP contribution in [0, 0.1) is 0 Å². The zero-order valence-electron chi connectivity index (χ0n) is 17.9. The van der Waals surface area contributed by atoms with Gasteiger partial charge in [-0.15, -0.1) is 0 Å². The van der Waals surface area contributed by atoms with Crippen LogP contribution in [0.5, 0.6) is 0 Å². The molecule has 3 rings (SSSR count). The predicted molar refractivity (Wildman–Crippen MR) is 122 cm³/mol. The number of piperidine rings is 1. The fourth-order valence-corrected chi connectivity index (χ4v) is 4.40.